The monoisotopic (exact) mass is 320 g/mol. The minimum absolute atomic E-state index is 0.0465. The lowest BCUT2D eigenvalue weighted by atomic mass is 10.2. The van der Waals surface area contributed by atoms with Crippen molar-refractivity contribution in [1.29, 1.82) is 0 Å². The molecule has 8 heteroatoms. The Kier molecular flexibility index (Phi) is 7.22. The molecule has 0 bridgehead atoms. The molecule has 1 fully saturated rings. The summed E-state index contributed by atoms with van der Waals surface area (Å²) in [5.41, 5.74) is 5.02. The van der Waals surface area contributed by atoms with Crippen LogP contribution in [0.25, 0.3) is 0 Å². The average Bonchev–Trinajstić information content (AvgIpc) is 2.78. The van der Waals surface area contributed by atoms with Crippen LogP contribution in [-0.2, 0) is 14.4 Å². The minimum atomic E-state index is -0.950. The van der Waals surface area contributed by atoms with Gasteiger partial charge in [0.25, 0.3) is 0 Å². The van der Waals surface area contributed by atoms with Gasteiger partial charge in [-0.25, -0.2) is 4.79 Å². The second-order valence-electron chi connectivity index (χ2n) is 4.50. The van der Waals surface area contributed by atoms with Crippen molar-refractivity contribution in [2.24, 2.45) is 5.73 Å². The highest BCUT2D eigenvalue weighted by atomic mass is 32.2. The van der Waals surface area contributed by atoms with Crippen molar-refractivity contribution in [1.82, 2.24) is 4.90 Å². The van der Waals surface area contributed by atoms with E-state index in [0.29, 0.717) is 11.5 Å². The van der Waals surface area contributed by atoms with Gasteiger partial charge < -0.3 is 15.7 Å². The molecule has 0 aromatic rings. The number of aliphatic carboxylic acids is 1. The smallest absolute Gasteiger partial charge is 0.327 e. The van der Waals surface area contributed by atoms with E-state index in [1.165, 1.54) is 28.4 Å². The number of thioether (sulfide) groups is 2. The fourth-order valence-electron chi connectivity index (χ4n) is 2.02. The first-order chi connectivity index (χ1) is 9.47. The van der Waals surface area contributed by atoms with Crippen LogP contribution in [0, 0.1) is 0 Å². The number of amides is 2. The van der Waals surface area contributed by atoms with Crippen LogP contribution in [0.5, 0.6) is 0 Å². The van der Waals surface area contributed by atoms with Crippen molar-refractivity contribution < 1.29 is 19.5 Å². The van der Waals surface area contributed by atoms with E-state index in [1.54, 1.807) is 0 Å². The highest BCUT2D eigenvalue weighted by molar-refractivity contribution is 8.00. The summed E-state index contributed by atoms with van der Waals surface area (Å²) in [5.74, 6) is -0.407. The Bertz CT molecular complexity index is 378. The summed E-state index contributed by atoms with van der Waals surface area (Å²) < 4.78 is 0. The van der Waals surface area contributed by atoms with Crippen molar-refractivity contribution in [3.63, 3.8) is 0 Å². The second-order valence-corrected chi connectivity index (χ2v) is 6.82. The fraction of sp³-hybridized carbons (Fsp3) is 0.750. The molecule has 0 aromatic heterocycles. The summed E-state index contributed by atoms with van der Waals surface area (Å²) in [6.07, 6.45) is 1.95. The molecule has 0 aliphatic carbocycles. The van der Waals surface area contributed by atoms with Gasteiger partial charge in [-0.1, -0.05) is 13.3 Å². The topological polar surface area (TPSA) is 101 Å². The van der Waals surface area contributed by atoms with Crippen LogP contribution < -0.4 is 5.73 Å². The third-order valence-electron chi connectivity index (χ3n) is 2.91. The van der Waals surface area contributed by atoms with Gasteiger partial charge in [0, 0.05) is 17.9 Å². The molecule has 1 heterocycles. The molecule has 20 heavy (non-hydrogen) atoms. The molecule has 114 valence electrons. The van der Waals surface area contributed by atoms with Crippen molar-refractivity contribution in [3.05, 3.63) is 0 Å². The lowest BCUT2D eigenvalue weighted by Gasteiger charge is -2.27. The summed E-state index contributed by atoms with van der Waals surface area (Å²) in [6, 6.07) is -0.731. The number of hydrogen-bond acceptors (Lipinski definition) is 5. The number of nitrogens with two attached hydrogens (primary N) is 1. The van der Waals surface area contributed by atoms with E-state index in [9.17, 15) is 19.5 Å². The Hall–Kier alpha value is -0.890. The summed E-state index contributed by atoms with van der Waals surface area (Å²) in [4.78, 5) is 35.5. The van der Waals surface area contributed by atoms with Crippen LogP contribution in [0.3, 0.4) is 0 Å². The summed E-state index contributed by atoms with van der Waals surface area (Å²) in [6.45, 7) is 2.01. The van der Waals surface area contributed by atoms with Crippen LogP contribution in [0.2, 0.25) is 0 Å². The van der Waals surface area contributed by atoms with E-state index >= 15 is 0 Å². The lowest BCUT2D eigenvalue weighted by Crippen LogP contribution is -2.45. The Morgan fingerprint density at radius 1 is 1.45 bits per heavy atom. The van der Waals surface area contributed by atoms with E-state index in [4.69, 9.17) is 5.73 Å². The van der Waals surface area contributed by atoms with Crippen molar-refractivity contribution in [2.45, 2.75) is 37.6 Å². The maximum absolute atomic E-state index is 12.2. The first-order valence-corrected chi connectivity index (χ1v) is 8.69. The number of carboxylic acids is 1. The number of carbonyl (C=O) groups excluding carboxylic acids is 2. The van der Waals surface area contributed by atoms with Crippen LogP contribution in [-0.4, -0.2) is 56.5 Å². The second kappa shape index (κ2) is 8.41. The molecule has 0 spiro atoms. The quantitative estimate of drug-likeness (QED) is 0.640. The fourth-order valence-corrected chi connectivity index (χ4v) is 4.22. The van der Waals surface area contributed by atoms with Gasteiger partial charge in [-0.2, -0.15) is 11.8 Å². The number of rotatable bonds is 8. The highest BCUT2D eigenvalue weighted by Crippen LogP contribution is 2.32. The Balaban J connectivity index is 2.55. The van der Waals surface area contributed by atoms with Crippen LogP contribution >= 0.6 is 23.5 Å². The molecule has 2 atom stereocenters. The zero-order valence-corrected chi connectivity index (χ0v) is 13.0. The van der Waals surface area contributed by atoms with Gasteiger partial charge in [0.1, 0.15) is 6.04 Å². The number of hydrogen-bond donors (Lipinski definition) is 2. The molecule has 1 aliphatic rings. The van der Waals surface area contributed by atoms with Gasteiger partial charge in [0.05, 0.1) is 11.1 Å². The van der Waals surface area contributed by atoms with Crippen LogP contribution in [0.15, 0.2) is 0 Å². The first kappa shape index (κ1) is 17.2. The van der Waals surface area contributed by atoms with Crippen molar-refractivity contribution >= 4 is 41.3 Å². The Morgan fingerprint density at radius 2 is 2.15 bits per heavy atom. The molecule has 0 radical (unpaired) electrons. The number of primary amides is 1. The molecule has 0 aromatic carbocycles. The zero-order valence-electron chi connectivity index (χ0n) is 11.4. The Morgan fingerprint density at radius 3 is 2.70 bits per heavy atom. The largest absolute Gasteiger partial charge is 0.480 e. The van der Waals surface area contributed by atoms with E-state index < -0.39 is 17.9 Å². The van der Waals surface area contributed by atoms with Gasteiger partial charge in [0.2, 0.25) is 11.8 Å². The van der Waals surface area contributed by atoms with E-state index in [-0.39, 0.29) is 23.5 Å². The summed E-state index contributed by atoms with van der Waals surface area (Å²) >= 11 is 2.82. The average molecular weight is 320 g/mol. The van der Waals surface area contributed by atoms with Gasteiger partial charge >= 0.3 is 5.97 Å². The number of nitrogens with zero attached hydrogens (tertiary/aromatic N) is 1. The molecule has 1 aliphatic heterocycles. The van der Waals surface area contributed by atoms with Gasteiger partial charge in [-0.3, -0.25) is 9.59 Å². The van der Waals surface area contributed by atoms with E-state index in [2.05, 4.69) is 0 Å². The lowest BCUT2D eigenvalue weighted by molar-refractivity contribution is -0.149. The molecule has 1 rings (SSSR count). The minimum Gasteiger partial charge on any atom is -0.480 e. The Labute approximate surface area is 126 Å². The first-order valence-electron chi connectivity index (χ1n) is 6.49. The van der Waals surface area contributed by atoms with Crippen LogP contribution in [0.1, 0.15) is 26.2 Å². The van der Waals surface area contributed by atoms with Crippen molar-refractivity contribution in [3.8, 4) is 0 Å². The van der Waals surface area contributed by atoms with Crippen molar-refractivity contribution in [2.75, 3.05) is 17.3 Å². The van der Waals surface area contributed by atoms with Gasteiger partial charge in [-0.05, 0) is 6.42 Å². The third-order valence-corrected chi connectivity index (χ3v) is 5.24. The molecule has 2 amide bonds. The standard InChI is InChI=1S/C12H20N2O4S2/c1-2-3-11-14(8(6-20-11)12(17)18)10(16)4-5-19-7-9(13)15/h8,11H,2-7H2,1H3,(H2,13,15)(H,17,18). The molecule has 1 saturated heterocycles. The maximum atomic E-state index is 12.2. The normalized spacial score (nSPS) is 21.9. The van der Waals surface area contributed by atoms with Crippen LogP contribution in [0.4, 0.5) is 0 Å². The number of carbonyl (C=O) groups is 3. The molecule has 6 nitrogen and oxygen atoms in total. The van der Waals surface area contributed by atoms with E-state index in [1.807, 2.05) is 6.92 Å². The molecule has 2 unspecified atom stereocenters. The highest BCUT2D eigenvalue weighted by Gasteiger charge is 2.40. The third kappa shape index (κ3) is 4.90. The van der Waals surface area contributed by atoms with Gasteiger partial charge in [-0.15, -0.1) is 11.8 Å². The molecule has 3 N–H and O–H groups in total. The maximum Gasteiger partial charge on any atom is 0.327 e. The van der Waals surface area contributed by atoms with Gasteiger partial charge in [0.15, 0.2) is 0 Å². The molecule has 0 saturated carbocycles. The van der Waals surface area contributed by atoms with E-state index in [0.717, 1.165) is 12.8 Å². The summed E-state index contributed by atoms with van der Waals surface area (Å²) in [5, 5.41) is 9.14. The number of carboxylic acid groups (broad SMARTS) is 1. The molecular formula is C12H20N2O4S2. The zero-order chi connectivity index (χ0) is 15.1. The summed E-state index contributed by atoms with van der Waals surface area (Å²) in [7, 11) is 0. The predicted molar refractivity (Wildman–Crippen MR) is 80.6 cm³/mol. The SMILES string of the molecule is CCCC1SCC(C(=O)O)N1C(=O)CCSCC(N)=O. The molecular weight excluding hydrogens is 300 g/mol. The predicted octanol–water partition coefficient (Wildman–Crippen LogP) is 0.750.